The van der Waals surface area contributed by atoms with E-state index in [2.05, 4.69) is 9.98 Å². The third-order valence-electron chi connectivity index (χ3n) is 3.34. The topological polar surface area (TPSA) is 115 Å². The van der Waals surface area contributed by atoms with Gasteiger partial charge in [0.15, 0.2) is 0 Å². The van der Waals surface area contributed by atoms with E-state index in [1.807, 2.05) is 0 Å². The van der Waals surface area contributed by atoms with Gasteiger partial charge in [0.25, 0.3) is 0 Å². The van der Waals surface area contributed by atoms with E-state index < -0.39 is 18.0 Å². The number of carboxylic acids is 1. The molecule has 8 nitrogen and oxygen atoms in total. The Hall–Kier alpha value is -2.25. The van der Waals surface area contributed by atoms with Gasteiger partial charge in [-0.25, -0.2) is 4.79 Å². The van der Waals surface area contributed by atoms with Crippen molar-refractivity contribution in [2.24, 2.45) is 9.98 Å². The third-order valence-corrected chi connectivity index (χ3v) is 3.34. The Labute approximate surface area is 154 Å². The van der Waals surface area contributed by atoms with Gasteiger partial charge in [0.1, 0.15) is 6.04 Å². The molecule has 0 saturated heterocycles. The number of ether oxygens (including phenoxy) is 2. The van der Waals surface area contributed by atoms with Crippen molar-refractivity contribution in [3.05, 3.63) is 0 Å². The zero-order valence-electron chi connectivity index (χ0n) is 16.1. The molecular weight excluding hydrogens is 340 g/mol. The summed E-state index contributed by atoms with van der Waals surface area (Å²) >= 11 is 0. The van der Waals surface area contributed by atoms with Crippen LogP contribution in [0.3, 0.4) is 0 Å². The standard InChI is InChI=1S/C18H30N2O6/c1-5-25-16(21)11-13(3)19-10-8-7-9-15(18(23)24)20-14(4)12-17(22)26-6-2/h15H,5-12H2,1-4H3,(H,23,24)/t15-/m0/s1. The number of carbonyl (C=O) groups excluding carboxylic acids is 2. The van der Waals surface area contributed by atoms with Crippen LogP contribution in [0.15, 0.2) is 9.98 Å². The van der Waals surface area contributed by atoms with Crippen molar-refractivity contribution >= 4 is 29.3 Å². The first-order chi connectivity index (χ1) is 12.3. The fourth-order valence-electron chi connectivity index (χ4n) is 2.17. The van der Waals surface area contributed by atoms with E-state index >= 15 is 0 Å². The van der Waals surface area contributed by atoms with Gasteiger partial charge in [-0.2, -0.15) is 0 Å². The zero-order valence-corrected chi connectivity index (χ0v) is 16.1. The van der Waals surface area contributed by atoms with Gasteiger partial charge in [0.05, 0.1) is 26.1 Å². The van der Waals surface area contributed by atoms with Crippen molar-refractivity contribution in [2.45, 2.75) is 65.8 Å². The van der Waals surface area contributed by atoms with E-state index in [1.54, 1.807) is 27.7 Å². The zero-order chi connectivity index (χ0) is 19.9. The lowest BCUT2D eigenvalue weighted by Crippen LogP contribution is -2.20. The first-order valence-corrected chi connectivity index (χ1v) is 8.87. The number of hydrogen-bond acceptors (Lipinski definition) is 7. The van der Waals surface area contributed by atoms with Gasteiger partial charge < -0.3 is 14.6 Å². The Morgan fingerprint density at radius 1 is 0.923 bits per heavy atom. The highest BCUT2D eigenvalue weighted by atomic mass is 16.5. The number of hydrogen-bond donors (Lipinski definition) is 1. The summed E-state index contributed by atoms with van der Waals surface area (Å²) in [5, 5.41) is 9.25. The minimum atomic E-state index is -1.02. The second-order valence-electron chi connectivity index (χ2n) is 5.79. The molecule has 0 heterocycles. The molecule has 0 radical (unpaired) electrons. The molecule has 1 N–H and O–H groups in total. The van der Waals surface area contributed by atoms with Gasteiger partial charge in [-0.1, -0.05) is 0 Å². The number of aliphatic carboxylic acids is 1. The largest absolute Gasteiger partial charge is 0.480 e. The molecule has 0 saturated carbocycles. The van der Waals surface area contributed by atoms with Crippen LogP contribution >= 0.6 is 0 Å². The molecule has 0 aliphatic heterocycles. The van der Waals surface area contributed by atoms with Gasteiger partial charge >= 0.3 is 17.9 Å². The molecule has 0 fully saturated rings. The van der Waals surface area contributed by atoms with Crippen molar-refractivity contribution < 1.29 is 29.0 Å². The van der Waals surface area contributed by atoms with Crippen molar-refractivity contribution in [3.8, 4) is 0 Å². The first kappa shape index (κ1) is 23.8. The minimum absolute atomic E-state index is 0.00499. The summed E-state index contributed by atoms with van der Waals surface area (Å²) < 4.78 is 9.66. The van der Waals surface area contributed by atoms with Crippen LogP contribution in [0.4, 0.5) is 0 Å². The molecule has 0 aliphatic carbocycles. The fourth-order valence-corrected chi connectivity index (χ4v) is 2.17. The molecule has 0 aromatic heterocycles. The monoisotopic (exact) mass is 370 g/mol. The average Bonchev–Trinajstić information content (AvgIpc) is 2.53. The van der Waals surface area contributed by atoms with E-state index in [0.717, 1.165) is 0 Å². The summed E-state index contributed by atoms with van der Waals surface area (Å²) in [5.41, 5.74) is 1.14. The normalized spacial score (nSPS) is 13.2. The molecule has 26 heavy (non-hydrogen) atoms. The van der Waals surface area contributed by atoms with Crippen LogP contribution in [0, 0.1) is 0 Å². The lowest BCUT2D eigenvalue weighted by atomic mass is 10.1. The highest BCUT2D eigenvalue weighted by Crippen LogP contribution is 2.08. The van der Waals surface area contributed by atoms with E-state index in [0.29, 0.717) is 43.8 Å². The smallest absolute Gasteiger partial charge is 0.328 e. The van der Waals surface area contributed by atoms with Gasteiger partial charge in [-0.15, -0.1) is 0 Å². The maximum atomic E-state index is 11.4. The van der Waals surface area contributed by atoms with Crippen LogP contribution in [-0.4, -0.2) is 60.2 Å². The summed E-state index contributed by atoms with van der Waals surface area (Å²) in [7, 11) is 0. The Morgan fingerprint density at radius 3 is 1.96 bits per heavy atom. The Kier molecular flexibility index (Phi) is 12.8. The van der Waals surface area contributed by atoms with E-state index in [4.69, 9.17) is 9.47 Å². The minimum Gasteiger partial charge on any atom is -0.480 e. The summed E-state index contributed by atoms with van der Waals surface area (Å²) in [6, 6.07) is -0.881. The van der Waals surface area contributed by atoms with Crippen LogP contribution < -0.4 is 0 Å². The van der Waals surface area contributed by atoms with Crippen LogP contribution in [0.25, 0.3) is 0 Å². The predicted octanol–water partition coefficient (Wildman–Crippen LogP) is 2.44. The van der Waals surface area contributed by atoms with Crippen molar-refractivity contribution in [1.29, 1.82) is 0 Å². The maximum Gasteiger partial charge on any atom is 0.328 e. The number of aliphatic imine (C=N–C) groups is 2. The Bertz CT molecular complexity index is 528. The summed E-state index contributed by atoms with van der Waals surface area (Å²) in [6.45, 7) is 7.99. The molecule has 0 unspecified atom stereocenters. The van der Waals surface area contributed by atoms with E-state index in [9.17, 15) is 19.5 Å². The van der Waals surface area contributed by atoms with E-state index in [1.165, 1.54) is 0 Å². The molecule has 0 rings (SSSR count). The number of rotatable bonds is 13. The maximum absolute atomic E-state index is 11.4. The van der Waals surface area contributed by atoms with Crippen LogP contribution in [0.2, 0.25) is 0 Å². The third kappa shape index (κ3) is 12.2. The SMILES string of the molecule is CCOC(=O)CC(C)=NCCCC[C@H](N=C(C)CC(=O)OCC)C(=O)O. The van der Waals surface area contributed by atoms with Crippen LogP contribution in [0.1, 0.15) is 59.8 Å². The predicted molar refractivity (Wildman–Crippen MR) is 98.9 cm³/mol. The second kappa shape index (κ2) is 14.0. The van der Waals surface area contributed by atoms with Gasteiger partial charge in [0.2, 0.25) is 0 Å². The molecule has 0 aliphatic rings. The Balaban J connectivity index is 4.31. The molecule has 0 aromatic carbocycles. The molecule has 0 aromatic rings. The molecule has 8 heteroatoms. The lowest BCUT2D eigenvalue weighted by Gasteiger charge is -2.09. The first-order valence-electron chi connectivity index (χ1n) is 8.87. The molecular formula is C18H30N2O6. The van der Waals surface area contributed by atoms with Gasteiger partial charge in [0, 0.05) is 18.0 Å². The highest BCUT2D eigenvalue weighted by Gasteiger charge is 2.16. The second-order valence-corrected chi connectivity index (χ2v) is 5.79. The van der Waals surface area contributed by atoms with Crippen LogP contribution in [-0.2, 0) is 23.9 Å². The van der Waals surface area contributed by atoms with Gasteiger partial charge in [-0.05, 0) is 47.0 Å². The molecule has 0 spiro atoms. The molecule has 148 valence electrons. The van der Waals surface area contributed by atoms with Crippen LogP contribution in [0.5, 0.6) is 0 Å². The molecule has 0 amide bonds. The number of nitrogens with zero attached hydrogens (tertiary/aromatic N) is 2. The summed E-state index contributed by atoms with van der Waals surface area (Å²) in [5.74, 6) is -1.73. The molecule has 1 atom stereocenters. The number of esters is 2. The number of carboxylic acid groups (broad SMARTS) is 1. The summed E-state index contributed by atoms with van der Waals surface area (Å²) in [6.07, 6.45) is 1.85. The number of unbranched alkanes of at least 4 members (excludes halogenated alkanes) is 1. The Morgan fingerprint density at radius 2 is 1.46 bits per heavy atom. The van der Waals surface area contributed by atoms with Gasteiger partial charge in [-0.3, -0.25) is 19.6 Å². The average molecular weight is 370 g/mol. The molecule has 0 bridgehead atoms. The van der Waals surface area contributed by atoms with Crippen molar-refractivity contribution in [3.63, 3.8) is 0 Å². The lowest BCUT2D eigenvalue weighted by molar-refractivity contribution is -0.142. The quantitative estimate of drug-likeness (QED) is 0.302. The highest BCUT2D eigenvalue weighted by molar-refractivity contribution is 5.98. The van der Waals surface area contributed by atoms with Crippen molar-refractivity contribution in [1.82, 2.24) is 0 Å². The van der Waals surface area contributed by atoms with Crippen molar-refractivity contribution in [2.75, 3.05) is 19.8 Å². The van der Waals surface area contributed by atoms with E-state index in [-0.39, 0.29) is 25.4 Å². The summed E-state index contributed by atoms with van der Waals surface area (Å²) in [4.78, 5) is 42.4. The fraction of sp³-hybridized carbons (Fsp3) is 0.722. The number of carbonyl (C=O) groups is 3.